The third-order valence-corrected chi connectivity index (χ3v) is 4.55. The molecule has 2 N–H and O–H groups in total. The van der Waals surface area contributed by atoms with Crippen molar-refractivity contribution in [2.45, 2.75) is 31.8 Å². The zero-order valence-electron chi connectivity index (χ0n) is 9.33. The molecule has 1 fully saturated rings. The Morgan fingerprint density at radius 3 is 3.00 bits per heavy atom. The molecule has 5 nitrogen and oxygen atoms in total. The van der Waals surface area contributed by atoms with Gasteiger partial charge in [-0.1, -0.05) is 0 Å². The molecule has 6 heteroatoms. The van der Waals surface area contributed by atoms with Crippen molar-refractivity contribution in [3.8, 4) is 0 Å². The molecule has 16 heavy (non-hydrogen) atoms. The second kappa shape index (κ2) is 4.18. The molecule has 1 aromatic heterocycles. The molecule has 0 saturated carbocycles. The number of nitrogens with two attached hydrogens (primary N) is 1. The molecule has 0 aromatic carbocycles. The second-order valence-corrected chi connectivity index (χ2v) is 6.80. The fourth-order valence-corrected chi connectivity index (χ4v) is 3.74. The fourth-order valence-electron chi connectivity index (χ4n) is 2.04. The van der Waals surface area contributed by atoms with E-state index in [1.807, 2.05) is 13.1 Å². The van der Waals surface area contributed by atoms with Crippen molar-refractivity contribution in [3.05, 3.63) is 18.0 Å². The Hall–Kier alpha value is -0.880. The van der Waals surface area contributed by atoms with Crippen molar-refractivity contribution in [2.75, 3.05) is 11.5 Å². The van der Waals surface area contributed by atoms with Gasteiger partial charge in [0.1, 0.15) is 0 Å². The number of hydrogen-bond acceptors (Lipinski definition) is 4. The maximum absolute atomic E-state index is 11.3. The van der Waals surface area contributed by atoms with Gasteiger partial charge in [-0.2, -0.15) is 5.10 Å². The Kier molecular flexibility index (Phi) is 3.03. The minimum atomic E-state index is -2.84. The molecule has 1 saturated heterocycles. The van der Waals surface area contributed by atoms with Gasteiger partial charge in [0.25, 0.3) is 0 Å². The maximum atomic E-state index is 11.3. The van der Waals surface area contributed by atoms with Crippen LogP contribution in [0.25, 0.3) is 0 Å². The highest BCUT2D eigenvalue weighted by molar-refractivity contribution is 7.91. The van der Waals surface area contributed by atoms with Gasteiger partial charge >= 0.3 is 0 Å². The van der Waals surface area contributed by atoms with Crippen molar-refractivity contribution < 1.29 is 8.42 Å². The first-order valence-electron chi connectivity index (χ1n) is 5.45. The predicted octanol–water partition coefficient (Wildman–Crippen LogP) is 0.132. The summed E-state index contributed by atoms with van der Waals surface area (Å²) in [7, 11) is -2.84. The van der Waals surface area contributed by atoms with Crippen molar-refractivity contribution in [2.24, 2.45) is 5.73 Å². The first-order valence-corrected chi connectivity index (χ1v) is 7.27. The molecule has 2 rings (SSSR count). The lowest BCUT2D eigenvalue weighted by molar-refractivity contribution is 0.499. The third kappa shape index (κ3) is 2.62. The average Bonchev–Trinajstić information content (AvgIpc) is 2.71. The Morgan fingerprint density at radius 1 is 1.69 bits per heavy atom. The maximum Gasteiger partial charge on any atom is 0.152 e. The lowest BCUT2D eigenvalue weighted by Crippen LogP contribution is -2.17. The van der Waals surface area contributed by atoms with E-state index in [1.165, 1.54) is 0 Å². The lowest BCUT2D eigenvalue weighted by atomic mass is 10.1. The van der Waals surface area contributed by atoms with Crippen LogP contribution < -0.4 is 5.73 Å². The van der Waals surface area contributed by atoms with Crippen molar-refractivity contribution in [3.63, 3.8) is 0 Å². The van der Waals surface area contributed by atoms with E-state index in [0.29, 0.717) is 6.42 Å². The quantitative estimate of drug-likeness (QED) is 0.818. The SMILES string of the molecule is CC(N)Cc1cnn(C2CCS(=O)(=O)C2)c1. The number of nitrogens with zero attached hydrogens (tertiary/aromatic N) is 2. The number of rotatable bonds is 3. The number of sulfone groups is 1. The van der Waals surface area contributed by atoms with Crippen LogP contribution in [0.4, 0.5) is 0 Å². The van der Waals surface area contributed by atoms with Crippen LogP contribution in [0.3, 0.4) is 0 Å². The van der Waals surface area contributed by atoms with Crippen LogP contribution in [0.1, 0.15) is 24.9 Å². The number of hydrogen-bond donors (Lipinski definition) is 1. The van der Waals surface area contributed by atoms with Gasteiger partial charge in [-0.3, -0.25) is 4.68 Å². The molecular weight excluding hydrogens is 226 g/mol. The zero-order valence-corrected chi connectivity index (χ0v) is 10.2. The van der Waals surface area contributed by atoms with Crippen LogP contribution in [0.2, 0.25) is 0 Å². The molecule has 0 amide bonds. The highest BCUT2D eigenvalue weighted by Gasteiger charge is 2.29. The minimum Gasteiger partial charge on any atom is -0.328 e. The van der Waals surface area contributed by atoms with Gasteiger partial charge in [0.05, 0.1) is 23.7 Å². The van der Waals surface area contributed by atoms with Crippen LogP contribution in [0, 0.1) is 0 Å². The molecular formula is C10H17N3O2S. The van der Waals surface area contributed by atoms with Crippen LogP contribution in [-0.2, 0) is 16.3 Å². The summed E-state index contributed by atoms with van der Waals surface area (Å²) >= 11 is 0. The van der Waals surface area contributed by atoms with E-state index in [1.54, 1.807) is 10.9 Å². The highest BCUT2D eigenvalue weighted by atomic mass is 32.2. The molecule has 2 atom stereocenters. The summed E-state index contributed by atoms with van der Waals surface area (Å²) in [6.07, 6.45) is 5.13. The van der Waals surface area contributed by atoms with E-state index in [-0.39, 0.29) is 23.6 Å². The van der Waals surface area contributed by atoms with Crippen molar-refractivity contribution >= 4 is 9.84 Å². The van der Waals surface area contributed by atoms with Crippen molar-refractivity contribution in [1.82, 2.24) is 9.78 Å². The second-order valence-electron chi connectivity index (χ2n) is 4.57. The lowest BCUT2D eigenvalue weighted by Gasteiger charge is -2.07. The third-order valence-electron chi connectivity index (χ3n) is 2.80. The summed E-state index contributed by atoms with van der Waals surface area (Å²) in [6, 6.07) is 0.108. The molecule has 2 heterocycles. The smallest absolute Gasteiger partial charge is 0.152 e. The minimum absolute atomic E-state index is 0.00632. The first-order chi connectivity index (χ1) is 7.46. The summed E-state index contributed by atoms with van der Waals surface area (Å²) in [5.74, 6) is 0.493. The molecule has 0 radical (unpaired) electrons. The first kappa shape index (κ1) is 11.6. The van der Waals surface area contributed by atoms with Crippen LogP contribution in [-0.4, -0.2) is 35.7 Å². The molecule has 1 aliphatic heterocycles. The average molecular weight is 243 g/mol. The largest absolute Gasteiger partial charge is 0.328 e. The van der Waals surface area contributed by atoms with Crippen molar-refractivity contribution in [1.29, 1.82) is 0 Å². The molecule has 1 aromatic rings. The van der Waals surface area contributed by atoms with E-state index in [4.69, 9.17) is 5.73 Å². The van der Waals surface area contributed by atoms with Gasteiger partial charge < -0.3 is 5.73 Å². The topological polar surface area (TPSA) is 78.0 Å². The monoisotopic (exact) mass is 243 g/mol. The normalized spacial score (nSPS) is 25.8. The summed E-state index contributed by atoms with van der Waals surface area (Å²) in [6.45, 7) is 1.94. The van der Waals surface area contributed by atoms with Gasteiger partial charge in [0.15, 0.2) is 9.84 Å². The standard InChI is InChI=1S/C10H17N3O2S/c1-8(11)4-9-5-12-13(6-9)10-2-3-16(14,15)7-10/h5-6,8,10H,2-4,7,11H2,1H3. The Morgan fingerprint density at radius 2 is 2.44 bits per heavy atom. The van der Waals surface area contributed by atoms with Gasteiger partial charge in [0, 0.05) is 12.2 Å². The molecule has 0 bridgehead atoms. The van der Waals surface area contributed by atoms with E-state index in [9.17, 15) is 8.42 Å². The number of aromatic nitrogens is 2. The van der Waals surface area contributed by atoms with E-state index in [2.05, 4.69) is 5.10 Å². The summed E-state index contributed by atoms with van der Waals surface area (Å²) in [5, 5.41) is 4.21. The molecule has 0 spiro atoms. The van der Waals surface area contributed by atoms with E-state index < -0.39 is 9.84 Å². The van der Waals surface area contributed by atoms with Crippen LogP contribution in [0.5, 0.6) is 0 Å². The van der Waals surface area contributed by atoms with Gasteiger partial charge in [-0.15, -0.1) is 0 Å². The Bertz CT molecular complexity index is 464. The van der Waals surface area contributed by atoms with Gasteiger partial charge in [0.2, 0.25) is 0 Å². The molecule has 0 aliphatic carbocycles. The summed E-state index contributed by atoms with van der Waals surface area (Å²) < 4.78 is 24.4. The Labute approximate surface area is 95.6 Å². The molecule has 2 unspecified atom stereocenters. The fraction of sp³-hybridized carbons (Fsp3) is 0.700. The summed E-state index contributed by atoms with van der Waals surface area (Å²) in [4.78, 5) is 0. The highest BCUT2D eigenvalue weighted by Crippen LogP contribution is 2.23. The van der Waals surface area contributed by atoms with E-state index in [0.717, 1.165) is 12.0 Å². The predicted molar refractivity (Wildman–Crippen MR) is 61.9 cm³/mol. The Balaban J connectivity index is 2.08. The zero-order chi connectivity index (χ0) is 11.8. The van der Waals surface area contributed by atoms with Crippen LogP contribution >= 0.6 is 0 Å². The molecule has 1 aliphatic rings. The van der Waals surface area contributed by atoms with Crippen LogP contribution in [0.15, 0.2) is 12.4 Å². The van der Waals surface area contributed by atoms with Gasteiger partial charge in [-0.25, -0.2) is 8.42 Å². The summed E-state index contributed by atoms with van der Waals surface area (Å²) in [5.41, 5.74) is 6.77. The van der Waals surface area contributed by atoms with Gasteiger partial charge in [-0.05, 0) is 25.3 Å². The molecule has 90 valence electrons. The van der Waals surface area contributed by atoms with E-state index >= 15 is 0 Å².